The Kier molecular flexibility index (Phi) is 5.43. The Balaban J connectivity index is 1.42. The van der Waals surface area contributed by atoms with Crippen LogP contribution in [0.2, 0.25) is 0 Å². The lowest BCUT2D eigenvalue weighted by Gasteiger charge is -2.26. The van der Waals surface area contributed by atoms with Gasteiger partial charge < -0.3 is 4.42 Å². The van der Waals surface area contributed by atoms with E-state index in [1.165, 1.54) is 0 Å². The summed E-state index contributed by atoms with van der Waals surface area (Å²) in [6, 6.07) is 49.7. The second kappa shape index (κ2) is 9.75. The van der Waals surface area contributed by atoms with E-state index in [0.717, 1.165) is 66.7 Å². The standard InChI is InChI=1S/C39H24N4O/c1-3-14-26(15-4-1)37-40-38(27-16-5-2-6-17-27)42-39(41-37)43-31-21-11-9-19-29(31)36-35(30-20-10-12-22-33(30)44-36)34-28-18-8-7-13-25(28)23-24-32(34)43/h1-24H. The fraction of sp³-hybridized carbons (Fsp3) is 0. The number of anilines is 3. The molecule has 0 atom stereocenters. The summed E-state index contributed by atoms with van der Waals surface area (Å²) in [6.07, 6.45) is 0. The van der Waals surface area contributed by atoms with Crippen LogP contribution in [0.15, 0.2) is 150 Å². The van der Waals surface area contributed by atoms with Crippen LogP contribution in [-0.2, 0) is 0 Å². The molecule has 9 rings (SSSR count). The maximum atomic E-state index is 6.69. The first-order valence-corrected chi connectivity index (χ1v) is 14.6. The number of rotatable bonds is 3. The summed E-state index contributed by atoms with van der Waals surface area (Å²) in [5, 5.41) is 3.36. The lowest BCUT2D eigenvalue weighted by atomic mass is 9.93. The summed E-state index contributed by atoms with van der Waals surface area (Å²) >= 11 is 0. The maximum Gasteiger partial charge on any atom is 0.238 e. The SMILES string of the molecule is c1ccc(-c2nc(-c3ccccc3)nc(N3c4ccccc4-c4oc5ccccc5c4-c4c3ccc3ccccc43)n2)cc1. The van der Waals surface area contributed by atoms with Gasteiger partial charge in [-0.1, -0.05) is 121 Å². The highest BCUT2D eigenvalue weighted by Gasteiger charge is 2.33. The van der Waals surface area contributed by atoms with Gasteiger partial charge in [-0.2, -0.15) is 9.97 Å². The number of hydrogen-bond donors (Lipinski definition) is 0. The number of nitrogens with zero attached hydrogens (tertiary/aromatic N) is 4. The maximum absolute atomic E-state index is 6.69. The van der Waals surface area contributed by atoms with E-state index in [2.05, 4.69) is 77.7 Å². The molecule has 2 aromatic heterocycles. The minimum absolute atomic E-state index is 0.538. The average Bonchev–Trinajstić information content (AvgIpc) is 3.42. The molecule has 0 unspecified atom stereocenters. The smallest absolute Gasteiger partial charge is 0.238 e. The molecule has 0 fully saturated rings. The molecule has 0 spiro atoms. The van der Waals surface area contributed by atoms with Gasteiger partial charge in [0.05, 0.1) is 11.4 Å². The van der Waals surface area contributed by atoms with Crippen molar-refractivity contribution in [1.29, 1.82) is 0 Å². The quantitative estimate of drug-likeness (QED) is 0.214. The average molecular weight is 565 g/mol. The molecule has 3 heterocycles. The normalized spacial score (nSPS) is 12.0. The van der Waals surface area contributed by atoms with Crippen molar-refractivity contribution in [1.82, 2.24) is 15.0 Å². The molecule has 0 saturated carbocycles. The number of aromatic nitrogens is 3. The van der Waals surface area contributed by atoms with Crippen LogP contribution in [0.4, 0.5) is 17.3 Å². The van der Waals surface area contributed by atoms with Crippen molar-refractivity contribution in [2.24, 2.45) is 0 Å². The van der Waals surface area contributed by atoms with Gasteiger partial charge in [-0.3, -0.25) is 4.90 Å². The second-order valence-corrected chi connectivity index (χ2v) is 10.9. The molecular formula is C39H24N4O. The van der Waals surface area contributed by atoms with Crippen LogP contribution >= 0.6 is 0 Å². The minimum Gasteiger partial charge on any atom is -0.455 e. The minimum atomic E-state index is 0.538. The van der Waals surface area contributed by atoms with Crippen LogP contribution in [0.1, 0.15) is 0 Å². The van der Waals surface area contributed by atoms with Gasteiger partial charge in [0.25, 0.3) is 0 Å². The van der Waals surface area contributed by atoms with E-state index in [1.54, 1.807) is 0 Å². The van der Waals surface area contributed by atoms with Crippen molar-refractivity contribution in [3.8, 4) is 45.2 Å². The summed E-state index contributed by atoms with van der Waals surface area (Å²) in [5.74, 6) is 2.60. The van der Waals surface area contributed by atoms with Crippen LogP contribution in [0, 0.1) is 0 Å². The van der Waals surface area contributed by atoms with Crippen LogP contribution in [0.25, 0.3) is 67.0 Å². The first kappa shape index (κ1) is 24.5. The fourth-order valence-corrected chi connectivity index (χ4v) is 6.30. The molecule has 44 heavy (non-hydrogen) atoms. The number of hydrogen-bond acceptors (Lipinski definition) is 5. The third-order valence-corrected chi connectivity index (χ3v) is 8.27. The summed E-state index contributed by atoms with van der Waals surface area (Å²) < 4.78 is 6.69. The van der Waals surface area contributed by atoms with Gasteiger partial charge in [0.15, 0.2) is 11.6 Å². The predicted molar refractivity (Wildman–Crippen MR) is 177 cm³/mol. The zero-order chi connectivity index (χ0) is 29.0. The lowest BCUT2D eigenvalue weighted by Crippen LogP contribution is -2.16. The highest BCUT2D eigenvalue weighted by molar-refractivity contribution is 6.17. The zero-order valence-corrected chi connectivity index (χ0v) is 23.6. The molecule has 6 aromatic carbocycles. The fourth-order valence-electron chi connectivity index (χ4n) is 6.30. The first-order chi connectivity index (χ1) is 21.8. The van der Waals surface area contributed by atoms with Gasteiger partial charge in [-0.25, -0.2) is 4.98 Å². The van der Waals surface area contributed by atoms with Gasteiger partial charge in [0.1, 0.15) is 11.3 Å². The van der Waals surface area contributed by atoms with Crippen LogP contribution in [0.3, 0.4) is 0 Å². The van der Waals surface area contributed by atoms with E-state index in [-0.39, 0.29) is 0 Å². The summed E-state index contributed by atoms with van der Waals surface area (Å²) in [6.45, 7) is 0. The molecular weight excluding hydrogens is 540 g/mol. The van der Waals surface area contributed by atoms with Gasteiger partial charge in [0.2, 0.25) is 5.95 Å². The van der Waals surface area contributed by atoms with Gasteiger partial charge in [-0.15, -0.1) is 0 Å². The Morgan fingerprint density at radius 3 is 1.82 bits per heavy atom. The molecule has 5 heteroatoms. The summed E-state index contributed by atoms with van der Waals surface area (Å²) in [4.78, 5) is 17.4. The van der Waals surface area contributed by atoms with E-state index in [1.807, 2.05) is 72.8 Å². The molecule has 0 radical (unpaired) electrons. The Morgan fingerprint density at radius 2 is 1.07 bits per heavy atom. The molecule has 0 saturated heterocycles. The van der Waals surface area contributed by atoms with E-state index in [4.69, 9.17) is 19.4 Å². The van der Waals surface area contributed by atoms with Gasteiger partial charge >= 0.3 is 0 Å². The third kappa shape index (κ3) is 3.76. The molecule has 1 aliphatic rings. The Hall–Kier alpha value is -6.07. The molecule has 5 nitrogen and oxygen atoms in total. The second-order valence-electron chi connectivity index (χ2n) is 10.9. The number of furan rings is 1. The van der Waals surface area contributed by atoms with Crippen molar-refractivity contribution < 1.29 is 4.42 Å². The molecule has 0 amide bonds. The zero-order valence-electron chi connectivity index (χ0n) is 23.6. The Morgan fingerprint density at radius 1 is 0.455 bits per heavy atom. The summed E-state index contributed by atoms with van der Waals surface area (Å²) in [5.41, 5.74) is 7.75. The monoisotopic (exact) mass is 564 g/mol. The predicted octanol–water partition coefficient (Wildman–Crippen LogP) is 10.2. The topological polar surface area (TPSA) is 55.1 Å². The largest absolute Gasteiger partial charge is 0.455 e. The third-order valence-electron chi connectivity index (χ3n) is 8.27. The van der Waals surface area contributed by atoms with Crippen molar-refractivity contribution in [2.75, 3.05) is 4.90 Å². The Bertz CT molecular complexity index is 2290. The van der Waals surface area contributed by atoms with Crippen LogP contribution < -0.4 is 4.90 Å². The lowest BCUT2D eigenvalue weighted by molar-refractivity contribution is 0.633. The Labute approximate surface area is 253 Å². The van der Waals surface area contributed by atoms with Crippen molar-refractivity contribution in [3.05, 3.63) is 146 Å². The van der Waals surface area contributed by atoms with Crippen molar-refractivity contribution in [2.45, 2.75) is 0 Å². The van der Waals surface area contributed by atoms with Crippen molar-refractivity contribution in [3.63, 3.8) is 0 Å². The number of para-hydroxylation sites is 2. The molecule has 1 aliphatic heterocycles. The van der Waals surface area contributed by atoms with Gasteiger partial charge in [0, 0.05) is 33.2 Å². The highest BCUT2D eigenvalue weighted by Crippen LogP contribution is 2.55. The molecule has 0 bridgehead atoms. The number of fused-ring (bicyclic) bond motifs is 9. The molecule has 206 valence electrons. The molecule has 0 aliphatic carbocycles. The molecule has 0 N–H and O–H groups in total. The van der Waals surface area contributed by atoms with Crippen molar-refractivity contribution >= 4 is 39.1 Å². The highest BCUT2D eigenvalue weighted by atomic mass is 16.3. The van der Waals surface area contributed by atoms with E-state index in [9.17, 15) is 0 Å². The van der Waals surface area contributed by atoms with Crippen LogP contribution in [0.5, 0.6) is 0 Å². The molecule has 8 aromatic rings. The first-order valence-electron chi connectivity index (χ1n) is 14.6. The summed E-state index contributed by atoms with van der Waals surface area (Å²) in [7, 11) is 0. The van der Waals surface area contributed by atoms with E-state index < -0.39 is 0 Å². The van der Waals surface area contributed by atoms with E-state index in [0.29, 0.717) is 17.6 Å². The van der Waals surface area contributed by atoms with E-state index >= 15 is 0 Å². The van der Waals surface area contributed by atoms with Crippen LogP contribution in [-0.4, -0.2) is 15.0 Å². The van der Waals surface area contributed by atoms with Gasteiger partial charge in [-0.05, 0) is 35.0 Å². The number of benzene rings is 6.